The summed E-state index contributed by atoms with van der Waals surface area (Å²) in [6.07, 6.45) is 1.43. The van der Waals surface area contributed by atoms with Crippen LogP contribution in [0.25, 0.3) is 0 Å². The van der Waals surface area contributed by atoms with Crippen molar-refractivity contribution in [2.75, 3.05) is 32.7 Å². The number of piperazine rings is 1. The first-order valence-corrected chi connectivity index (χ1v) is 5.83. The van der Waals surface area contributed by atoms with Crippen molar-refractivity contribution in [3.05, 3.63) is 0 Å². The zero-order valence-electron chi connectivity index (χ0n) is 10.1. The van der Waals surface area contributed by atoms with Gasteiger partial charge in [0.15, 0.2) is 0 Å². The van der Waals surface area contributed by atoms with E-state index < -0.39 is 0 Å². The fraction of sp³-hybridized carbons (Fsp3) is 0.818. The molecular formula is C11H21N3O2. The molecule has 0 aromatic rings. The van der Waals surface area contributed by atoms with E-state index in [9.17, 15) is 9.59 Å². The Morgan fingerprint density at radius 1 is 1.31 bits per heavy atom. The maximum atomic E-state index is 11.4. The molecule has 1 aliphatic rings. The highest BCUT2D eigenvalue weighted by molar-refractivity contribution is 5.76. The van der Waals surface area contributed by atoms with Gasteiger partial charge in [-0.15, -0.1) is 0 Å². The van der Waals surface area contributed by atoms with E-state index >= 15 is 0 Å². The average Bonchev–Trinajstić information content (AvgIpc) is 2.26. The normalized spacial score (nSPS) is 17.6. The van der Waals surface area contributed by atoms with Crippen LogP contribution in [0, 0.1) is 0 Å². The Morgan fingerprint density at radius 2 is 1.94 bits per heavy atom. The topological polar surface area (TPSA) is 52.7 Å². The van der Waals surface area contributed by atoms with E-state index in [4.69, 9.17) is 0 Å². The third-order valence-electron chi connectivity index (χ3n) is 2.66. The number of hydrogen-bond acceptors (Lipinski definition) is 3. The molecule has 2 amide bonds. The van der Waals surface area contributed by atoms with Crippen molar-refractivity contribution in [1.29, 1.82) is 0 Å². The van der Waals surface area contributed by atoms with E-state index in [1.807, 2.05) is 13.8 Å². The van der Waals surface area contributed by atoms with E-state index in [1.54, 1.807) is 4.90 Å². The van der Waals surface area contributed by atoms with E-state index in [2.05, 4.69) is 10.2 Å². The highest BCUT2D eigenvalue weighted by atomic mass is 16.1. The molecule has 0 aliphatic carbocycles. The van der Waals surface area contributed by atoms with Gasteiger partial charge in [0.25, 0.3) is 0 Å². The fourth-order valence-electron chi connectivity index (χ4n) is 1.75. The first kappa shape index (κ1) is 13.0. The summed E-state index contributed by atoms with van der Waals surface area (Å²) in [6.45, 7) is 7.98. The second-order valence-electron chi connectivity index (χ2n) is 4.46. The zero-order chi connectivity index (χ0) is 12.0. The lowest BCUT2D eigenvalue weighted by atomic mass is 10.3. The van der Waals surface area contributed by atoms with Crippen LogP contribution >= 0.6 is 0 Å². The lowest BCUT2D eigenvalue weighted by Crippen LogP contribution is -2.46. The molecule has 92 valence electrons. The highest BCUT2D eigenvalue weighted by Crippen LogP contribution is 2.00. The Labute approximate surface area is 96.8 Å². The van der Waals surface area contributed by atoms with Gasteiger partial charge in [-0.25, -0.2) is 0 Å². The SMILES string of the molecule is CC(C)NC(=O)CCN1CCN(C=O)CC1. The van der Waals surface area contributed by atoms with E-state index in [-0.39, 0.29) is 11.9 Å². The second-order valence-corrected chi connectivity index (χ2v) is 4.46. The smallest absolute Gasteiger partial charge is 0.221 e. The zero-order valence-corrected chi connectivity index (χ0v) is 10.1. The number of nitrogens with zero attached hydrogens (tertiary/aromatic N) is 2. The molecular weight excluding hydrogens is 206 g/mol. The molecule has 0 atom stereocenters. The Balaban J connectivity index is 2.14. The van der Waals surface area contributed by atoms with Gasteiger partial charge in [-0.2, -0.15) is 0 Å². The highest BCUT2D eigenvalue weighted by Gasteiger charge is 2.15. The molecule has 0 aromatic carbocycles. The molecule has 1 aliphatic heterocycles. The summed E-state index contributed by atoms with van der Waals surface area (Å²) in [5.41, 5.74) is 0. The van der Waals surface area contributed by atoms with Crippen molar-refractivity contribution in [1.82, 2.24) is 15.1 Å². The quantitative estimate of drug-likeness (QED) is 0.655. The van der Waals surface area contributed by atoms with Gasteiger partial charge in [0.1, 0.15) is 0 Å². The minimum absolute atomic E-state index is 0.104. The van der Waals surface area contributed by atoms with Gasteiger partial charge in [-0.05, 0) is 13.8 Å². The van der Waals surface area contributed by atoms with Crippen molar-refractivity contribution in [2.45, 2.75) is 26.3 Å². The van der Waals surface area contributed by atoms with Gasteiger partial charge in [-0.1, -0.05) is 0 Å². The fourth-order valence-corrected chi connectivity index (χ4v) is 1.75. The van der Waals surface area contributed by atoms with E-state index in [0.717, 1.165) is 39.1 Å². The Kier molecular flexibility index (Phi) is 5.25. The third kappa shape index (κ3) is 4.61. The molecule has 1 rings (SSSR count). The van der Waals surface area contributed by atoms with E-state index in [1.165, 1.54) is 0 Å². The summed E-state index contributed by atoms with van der Waals surface area (Å²) in [4.78, 5) is 25.9. The molecule has 0 aromatic heterocycles. The molecule has 0 saturated carbocycles. The molecule has 5 nitrogen and oxygen atoms in total. The maximum absolute atomic E-state index is 11.4. The summed E-state index contributed by atoms with van der Waals surface area (Å²) >= 11 is 0. The van der Waals surface area contributed by atoms with Crippen molar-refractivity contribution in [3.63, 3.8) is 0 Å². The second kappa shape index (κ2) is 6.48. The Hall–Kier alpha value is -1.10. The summed E-state index contributed by atoms with van der Waals surface area (Å²) in [6, 6.07) is 0.208. The van der Waals surface area contributed by atoms with Crippen molar-refractivity contribution >= 4 is 12.3 Å². The van der Waals surface area contributed by atoms with Crippen LogP contribution < -0.4 is 5.32 Å². The van der Waals surface area contributed by atoms with Crippen LogP contribution in [0.3, 0.4) is 0 Å². The van der Waals surface area contributed by atoms with Crippen LogP contribution in [-0.2, 0) is 9.59 Å². The molecule has 5 heteroatoms. The number of rotatable bonds is 5. The molecule has 0 spiro atoms. The molecule has 0 unspecified atom stereocenters. The van der Waals surface area contributed by atoms with Crippen molar-refractivity contribution in [3.8, 4) is 0 Å². The number of carbonyl (C=O) groups is 2. The number of amides is 2. The molecule has 1 saturated heterocycles. The summed E-state index contributed by atoms with van der Waals surface area (Å²) < 4.78 is 0. The predicted octanol–water partition coefficient (Wildman–Crippen LogP) is -0.325. The van der Waals surface area contributed by atoms with Gasteiger partial charge < -0.3 is 10.2 Å². The monoisotopic (exact) mass is 227 g/mol. The summed E-state index contributed by atoms with van der Waals surface area (Å²) in [7, 11) is 0. The Bertz CT molecular complexity index is 235. The standard InChI is InChI=1S/C11H21N3O2/c1-10(2)12-11(16)3-4-13-5-7-14(9-15)8-6-13/h9-10H,3-8H2,1-2H3,(H,12,16). The molecule has 1 fully saturated rings. The number of hydrogen-bond donors (Lipinski definition) is 1. The van der Waals surface area contributed by atoms with Crippen LogP contribution in [0.15, 0.2) is 0 Å². The van der Waals surface area contributed by atoms with Crippen LogP contribution in [0.2, 0.25) is 0 Å². The molecule has 0 radical (unpaired) electrons. The Morgan fingerprint density at radius 3 is 2.44 bits per heavy atom. The first-order chi connectivity index (χ1) is 7.61. The van der Waals surface area contributed by atoms with Gasteiger partial charge in [-0.3, -0.25) is 14.5 Å². The number of nitrogens with one attached hydrogen (secondary N) is 1. The van der Waals surface area contributed by atoms with Crippen LogP contribution in [-0.4, -0.2) is 60.9 Å². The average molecular weight is 227 g/mol. The van der Waals surface area contributed by atoms with Gasteiger partial charge in [0.05, 0.1) is 0 Å². The maximum Gasteiger partial charge on any atom is 0.221 e. The summed E-state index contributed by atoms with van der Waals surface area (Å²) in [5.74, 6) is 0.104. The minimum atomic E-state index is 0.104. The predicted molar refractivity (Wildman–Crippen MR) is 62.0 cm³/mol. The summed E-state index contributed by atoms with van der Waals surface area (Å²) in [5, 5.41) is 2.87. The lowest BCUT2D eigenvalue weighted by Gasteiger charge is -2.32. The molecule has 16 heavy (non-hydrogen) atoms. The van der Waals surface area contributed by atoms with Gasteiger partial charge in [0, 0.05) is 45.2 Å². The molecule has 1 N–H and O–H groups in total. The van der Waals surface area contributed by atoms with Crippen molar-refractivity contribution in [2.24, 2.45) is 0 Å². The number of carbonyl (C=O) groups excluding carboxylic acids is 2. The molecule has 0 bridgehead atoms. The van der Waals surface area contributed by atoms with Crippen LogP contribution in [0.1, 0.15) is 20.3 Å². The molecule has 1 heterocycles. The van der Waals surface area contributed by atoms with Gasteiger partial charge in [0.2, 0.25) is 12.3 Å². The van der Waals surface area contributed by atoms with Crippen LogP contribution in [0.4, 0.5) is 0 Å². The van der Waals surface area contributed by atoms with E-state index in [0.29, 0.717) is 6.42 Å². The largest absolute Gasteiger partial charge is 0.354 e. The third-order valence-corrected chi connectivity index (χ3v) is 2.66. The van der Waals surface area contributed by atoms with Gasteiger partial charge >= 0.3 is 0 Å². The minimum Gasteiger partial charge on any atom is -0.354 e. The van der Waals surface area contributed by atoms with Crippen molar-refractivity contribution < 1.29 is 9.59 Å². The first-order valence-electron chi connectivity index (χ1n) is 5.83. The lowest BCUT2D eigenvalue weighted by molar-refractivity contribution is -0.123. The van der Waals surface area contributed by atoms with Crippen LogP contribution in [0.5, 0.6) is 0 Å².